The molecule has 1 aliphatic rings. The maximum absolute atomic E-state index is 10.4. The molecule has 0 saturated carbocycles. The van der Waals surface area contributed by atoms with Crippen LogP contribution in [0, 0.1) is 6.92 Å². The highest BCUT2D eigenvalue weighted by Gasteiger charge is 2.43. The number of hydrogen-bond acceptors (Lipinski definition) is 8. The molecule has 3 aromatic rings. The van der Waals surface area contributed by atoms with E-state index in [4.69, 9.17) is 4.74 Å². The monoisotopic (exact) mass is 433 g/mol. The zero-order valence-electron chi connectivity index (χ0n) is 15.8. The molecule has 0 bridgehead atoms. The van der Waals surface area contributed by atoms with Gasteiger partial charge in [0.05, 0.1) is 16.5 Å². The minimum atomic E-state index is -1.39. The Morgan fingerprint density at radius 1 is 1.10 bits per heavy atom. The average molecular weight is 434 g/mol. The van der Waals surface area contributed by atoms with Crippen LogP contribution in [-0.2, 0) is 11.2 Å². The molecule has 0 radical (unpaired) electrons. The van der Waals surface area contributed by atoms with E-state index < -0.39 is 37.1 Å². The summed E-state index contributed by atoms with van der Waals surface area (Å²) in [5.41, 5.74) is 4.00. The van der Waals surface area contributed by atoms with Crippen molar-refractivity contribution in [1.82, 2.24) is 4.98 Å². The van der Waals surface area contributed by atoms with Crippen molar-refractivity contribution >= 4 is 22.7 Å². The van der Waals surface area contributed by atoms with Crippen molar-refractivity contribution in [2.45, 2.75) is 43.9 Å². The number of aliphatic hydroxyl groups is 4. The topological polar surface area (TPSA) is 103 Å². The molecule has 8 heteroatoms. The lowest BCUT2D eigenvalue weighted by Gasteiger charge is -2.40. The lowest BCUT2D eigenvalue weighted by atomic mass is 9.89. The first-order valence-corrected chi connectivity index (χ1v) is 11.1. The van der Waals surface area contributed by atoms with Crippen LogP contribution < -0.4 is 0 Å². The van der Waals surface area contributed by atoms with E-state index in [2.05, 4.69) is 16.4 Å². The molecule has 6 nitrogen and oxygen atoms in total. The van der Waals surface area contributed by atoms with Crippen LogP contribution in [-0.4, -0.2) is 56.4 Å². The van der Waals surface area contributed by atoms with E-state index >= 15 is 0 Å². The van der Waals surface area contributed by atoms with E-state index in [1.165, 1.54) is 5.56 Å². The molecular weight excluding hydrogens is 410 g/mol. The van der Waals surface area contributed by atoms with Crippen molar-refractivity contribution in [3.05, 3.63) is 62.9 Å². The van der Waals surface area contributed by atoms with Gasteiger partial charge in [-0.3, -0.25) is 0 Å². The van der Waals surface area contributed by atoms with Gasteiger partial charge in [-0.2, -0.15) is 11.3 Å². The first-order valence-electron chi connectivity index (χ1n) is 9.35. The zero-order chi connectivity index (χ0) is 20.5. The van der Waals surface area contributed by atoms with Gasteiger partial charge in [-0.15, -0.1) is 11.3 Å². The van der Waals surface area contributed by atoms with Gasteiger partial charge >= 0.3 is 0 Å². The van der Waals surface area contributed by atoms with Gasteiger partial charge < -0.3 is 25.2 Å². The Hall–Kier alpha value is -1.65. The minimum absolute atomic E-state index is 0.440. The number of aromatic nitrogens is 1. The SMILES string of the molecule is Cc1ccc(C2OC(CO)C(O)C(O)C2O)cc1Cc1ncc(-c2ccsc2)s1. The third-order valence-corrected chi connectivity index (χ3v) is 7.02. The smallest absolute Gasteiger partial charge is 0.113 e. The van der Waals surface area contributed by atoms with Crippen molar-refractivity contribution < 1.29 is 25.2 Å². The molecule has 5 unspecified atom stereocenters. The van der Waals surface area contributed by atoms with Crippen molar-refractivity contribution in [3.8, 4) is 10.4 Å². The number of ether oxygens (including phenoxy) is 1. The summed E-state index contributed by atoms with van der Waals surface area (Å²) >= 11 is 3.31. The van der Waals surface area contributed by atoms with Crippen molar-refractivity contribution in [2.24, 2.45) is 0 Å². The summed E-state index contributed by atoms with van der Waals surface area (Å²) in [6.45, 7) is 1.57. The number of thiophene rings is 1. The van der Waals surface area contributed by atoms with Gasteiger partial charge in [0.25, 0.3) is 0 Å². The minimum Gasteiger partial charge on any atom is -0.394 e. The summed E-state index contributed by atoms with van der Waals surface area (Å²) in [5.74, 6) is 0. The first kappa shape index (κ1) is 20.6. The summed E-state index contributed by atoms with van der Waals surface area (Å²) < 4.78 is 5.69. The lowest BCUT2D eigenvalue weighted by Crippen LogP contribution is -2.55. The summed E-state index contributed by atoms with van der Waals surface area (Å²) in [7, 11) is 0. The fourth-order valence-electron chi connectivity index (χ4n) is 3.53. The number of thiazole rings is 1. The number of aliphatic hydroxyl groups excluding tert-OH is 4. The van der Waals surface area contributed by atoms with E-state index in [1.54, 1.807) is 22.7 Å². The molecule has 29 heavy (non-hydrogen) atoms. The number of hydrogen-bond donors (Lipinski definition) is 4. The van der Waals surface area contributed by atoms with Gasteiger partial charge in [0.2, 0.25) is 0 Å². The second-order valence-electron chi connectivity index (χ2n) is 7.24. The summed E-state index contributed by atoms with van der Waals surface area (Å²) in [5, 5.41) is 45.0. The van der Waals surface area contributed by atoms with Crippen LogP contribution in [0.25, 0.3) is 10.4 Å². The maximum Gasteiger partial charge on any atom is 0.113 e. The van der Waals surface area contributed by atoms with Gasteiger partial charge in [-0.25, -0.2) is 4.98 Å². The summed E-state index contributed by atoms with van der Waals surface area (Å²) in [6.07, 6.45) is -3.25. The first-order chi connectivity index (χ1) is 14.0. The number of rotatable bonds is 5. The number of benzene rings is 1. The van der Waals surface area contributed by atoms with Gasteiger partial charge in [0.15, 0.2) is 0 Å². The predicted molar refractivity (Wildman–Crippen MR) is 112 cm³/mol. The van der Waals surface area contributed by atoms with Crippen molar-refractivity contribution in [1.29, 1.82) is 0 Å². The molecule has 4 N–H and O–H groups in total. The zero-order valence-corrected chi connectivity index (χ0v) is 17.4. The highest BCUT2D eigenvalue weighted by molar-refractivity contribution is 7.15. The third-order valence-electron chi connectivity index (χ3n) is 5.29. The van der Waals surface area contributed by atoms with Gasteiger partial charge in [0.1, 0.15) is 30.5 Å². The van der Waals surface area contributed by atoms with Gasteiger partial charge in [-0.05, 0) is 40.4 Å². The molecule has 1 fully saturated rings. The second-order valence-corrected chi connectivity index (χ2v) is 9.14. The fraction of sp³-hybridized carbons (Fsp3) is 0.381. The molecule has 5 atom stereocenters. The Balaban J connectivity index is 1.58. The lowest BCUT2D eigenvalue weighted by molar-refractivity contribution is -0.231. The molecule has 3 heterocycles. The van der Waals surface area contributed by atoms with E-state index in [0.717, 1.165) is 21.0 Å². The molecule has 2 aromatic heterocycles. The van der Waals surface area contributed by atoms with Crippen LogP contribution >= 0.6 is 22.7 Å². The van der Waals surface area contributed by atoms with Crippen LogP contribution in [0.2, 0.25) is 0 Å². The summed E-state index contributed by atoms with van der Waals surface area (Å²) in [4.78, 5) is 5.68. The Labute approximate surface area is 176 Å². The largest absolute Gasteiger partial charge is 0.394 e. The highest BCUT2D eigenvalue weighted by Crippen LogP contribution is 2.34. The van der Waals surface area contributed by atoms with E-state index in [0.29, 0.717) is 12.0 Å². The van der Waals surface area contributed by atoms with Crippen LogP contribution in [0.15, 0.2) is 41.2 Å². The Bertz CT molecular complexity index is 956. The normalized spacial score (nSPS) is 27.3. The highest BCUT2D eigenvalue weighted by atomic mass is 32.1. The predicted octanol–water partition coefficient (Wildman–Crippen LogP) is 2.29. The molecule has 1 saturated heterocycles. The standard InChI is InChI=1S/C21H23NO5S2/c1-11-2-3-12(21-20(26)19(25)18(24)15(9-23)27-21)6-14(11)7-17-22-8-16(29-17)13-4-5-28-10-13/h2-6,8,10,15,18-21,23-26H,7,9H2,1H3. The second kappa shape index (κ2) is 8.61. The average Bonchev–Trinajstić information content (AvgIpc) is 3.40. The van der Waals surface area contributed by atoms with Crippen molar-refractivity contribution in [3.63, 3.8) is 0 Å². The van der Waals surface area contributed by atoms with Gasteiger partial charge in [-0.1, -0.05) is 18.2 Å². The Morgan fingerprint density at radius 2 is 1.93 bits per heavy atom. The Kier molecular flexibility index (Phi) is 6.12. The summed E-state index contributed by atoms with van der Waals surface area (Å²) in [6, 6.07) is 7.80. The maximum atomic E-state index is 10.4. The molecular formula is C21H23NO5S2. The number of nitrogens with zero attached hydrogens (tertiary/aromatic N) is 1. The van der Waals surface area contributed by atoms with E-state index in [9.17, 15) is 20.4 Å². The quantitative estimate of drug-likeness (QED) is 0.492. The third kappa shape index (κ3) is 4.15. The van der Waals surface area contributed by atoms with Crippen LogP contribution in [0.4, 0.5) is 0 Å². The molecule has 154 valence electrons. The Morgan fingerprint density at radius 3 is 2.66 bits per heavy atom. The molecule has 1 aliphatic heterocycles. The molecule has 0 aliphatic carbocycles. The van der Waals surface area contributed by atoms with Crippen LogP contribution in [0.5, 0.6) is 0 Å². The van der Waals surface area contributed by atoms with Gasteiger partial charge in [0, 0.05) is 18.2 Å². The molecule has 4 rings (SSSR count). The molecule has 0 amide bonds. The van der Waals surface area contributed by atoms with Crippen molar-refractivity contribution in [2.75, 3.05) is 6.61 Å². The van der Waals surface area contributed by atoms with E-state index in [-0.39, 0.29) is 0 Å². The number of aryl methyl sites for hydroxylation is 1. The molecule has 1 aromatic carbocycles. The fourth-order valence-corrected chi connectivity index (χ4v) is 5.20. The van der Waals surface area contributed by atoms with Crippen LogP contribution in [0.1, 0.15) is 27.8 Å². The van der Waals surface area contributed by atoms with E-state index in [1.807, 2.05) is 36.7 Å². The van der Waals surface area contributed by atoms with Crippen LogP contribution in [0.3, 0.4) is 0 Å². The molecule has 0 spiro atoms.